The van der Waals surface area contributed by atoms with E-state index in [2.05, 4.69) is 15.0 Å². The Labute approximate surface area is 113 Å². The van der Waals surface area contributed by atoms with Crippen LogP contribution in [0.4, 0.5) is 5.82 Å². The lowest BCUT2D eigenvalue weighted by molar-refractivity contribution is 0.564. The SMILES string of the molecule is CNc1cc(S(=O)(=O)NC(C)CS(C)(=O)=O)ccn1. The minimum absolute atomic E-state index is 0.0344. The van der Waals surface area contributed by atoms with Crippen LogP contribution in [0.5, 0.6) is 0 Å². The van der Waals surface area contributed by atoms with Crippen LogP contribution < -0.4 is 10.0 Å². The standard InChI is InChI=1S/C10H17N3O4S2/c1-8(7-18(3,14)15)13-19(16,17)9-4-5-12-10(6-9)11-2/h4-6,8,13H,7H2,1-3H3,(H,11,12). The molecule has 108 valence electrons. The van der Waals surface area contributed by atoms with E-state index in [4.69, 9.17) is 0 Å². The number of aromatic nitrogens is 1. The fourth-order valence-electron chi connectivity index (χ4n) is 1.54. The second-order valence-electron chi connectivity index (χ2n) is 4.24. The predicted octanol–water partition coefficient (Wildman–Crippen LogP) is -0.165. The Hall–Kier alpha value is -1.19. The van der Waals surface area contributed by atoms with E-state index in [1.54, 1.807) is 7.05 Å². The topological polar surface area (TPSA) is 105 Å². The van der Waals surface area contributed by atoms with Crippen LogP contribution in [0.3, 0.4) is 0 Å². The Morgan fingerprint density at radius 3 is 2.47 bits per heavy atom. The molecule has 0 amide bonds. The summed E-state index contributed by atoms with van der Waals surface area (Å²) in [5.41, 5.74) is 0. The number of pyridine rings is 1. The summed E-state index contributed by atoms with van der Waals surface area (Å²) in [5, 5.41) is 2.73. The van der Waals surface area contributed by atoms with Gasteiger partial charge in [0.2, 0.25) is 10.0 Å². The average molecular weight is 307 g/mol. The number of hydrogen-bond acceptors (Lipinski definition) is 6. The fourth-order valence-corrected chi connectivity index (χ4v) is 3.89. The van der Waals surface area contributed by atoms with E-state index in [0.29, 0.717) is 5.82 Å². The lowest BCUT2D eigenvalue weighted by Gasteiger charge is -2.13. The maximum absolute atomic E-state index is 12.0. The number of nitrogens with zero attached hydrogens (tertiary/aromatic N) is 1. The van der Waals surface area contributed by atoms with E-state index >= 15 is 0 Å². The van der Waals surface area contributed by atoms with Crippen molar-refractivity contribution in [3.8, 4) is 0 Å². The van der Waals surface area contributed by atoms with Crippen molar-refractivity contribution in [1.82, 2.24) is 9.71 Å². The Bertz CT molecular complexity index is 640. The van der Waals surface area contributed by atoms with Gasteiger partial charge >= 0.3 is 0 Å². The summed E-state index contributed by atoms with van der Waals surface area (Å²) in [7, 11) is -5.38. The molecule has 0 aromatic carbocycles. The molecular weight excluding hydrogens is 290 g/mol. The van der Waals surface area contributed by atoms with Gasteiger partial charge < -0.3 is 5.32 Å². The molecule has 7 nitrogen and oxygen atoms in total. The van der Waals surface area contributed by atoms with Gasteiger partial charge in [0.15, 0.2) is 0 Å². The molecule has 1 rings (SSSR count). The van der Waals surface area contributed by atoms with Gasteiger partial charge in [0.05, 0.1) is 10.6 Å². The summed E-state index contributed by atoms with van der Waals surface area (Å²) in [5.74, 6) is 0.162. The molecule has 1 atom stereocenters. The molecular formula is C10H17N3O4S2. The van der Waals surface area contributed by atoms with E-state index in [-0.39, 0.29) is 10.6 Å². The first-order chi connectivity index (χ1) is 8.64. The summed E-state index contributed by atoms with van der Waals surface area (Å²) in [4.78, 5) is 3.95. The molecule has 1 unspecified atom stereocenters. The number of sulfonamides is 1. The van der Waals surface area contributed by atoms with Gasteiger partial charge in [-0.25, -0.2) is 26.5 Å². The molecule has 0 aliphatic rings. The molecule has 0 spiro atoms. The number of anilines is 1. The van der Waals surface area contributed by atoms with Crippen molar-refractivity contribution in [1.29, 1.82) is 0 Å². The molecule has 1 aromatic heterocycles. The third-order valence-electron chi connectivity index (χ3n) is 2.21. The van der Waals surface area contributed by atoms with Gasteiger partial charge in [0.1, 0.15) is 15.7 Å². The van der Waals surface area contributed by atoms with Gasteiger partial charge in [-0.3, -0.25) is 0 Å². The highest BCUT2D eigenvalue weighted by atomic mass is 32.2. The molecule has 0 aliphatic carbocycles. The van der Waals surface area contributed by atoms with Crippen LogP contribution in [0.1, 0.15) is 6.92 Å². The van der Waals surface area contributed by atoms with Crippen LogP contribution in [0, 0.1) is 0 Å². The van der Waals surface area contributed by atoms with Crippen LogP contribution in [-0.4, -0.2) is 46.9 Å². The highest BCUT2D eigenvalue weighted by molar-refractivity contribution is 7.91. The number of nitrogens with one attached hydrogen (secondary N) is 2. The number of rotatable bonds is 6. The molecule has 1 heterocycles. The molecule has 0 bridgehead atoms. The van der Waals surface area contributed by atoms with Crippen LogP contribution in [0.2, 0.25) is 0 Å². The smallest absolute Gasteiger partial charge is 0.241 e. The van der Waals surface area contributed by atoms with E-state index < -0.39 is 25.9 Å². The zero-order chi connectivity index (χ0) is 14.7. The lowest BCUT2D eigenvalue weighted by atomic mass is 10.4. The highest BCUT2D eigenvalue weighted by Gasteiger charge is 2.20. The number of hydrogen-bond donors (Lipinski definition) is 2. The zero-order valence-electron chi connectivity index (χ0n) is 10.9. The third-order valence-corrected chi connectivity index (χ3v) is 4.90. The van der Waals surface area contributed by atoms with Crippen molar-refractivity contribution in [2.45, 2.75) is 17.9 Å². The van der Waals surface area contributed by atoms with E-state index in [9.17, 15) is 16.8 Å². The van der Waals surface area contributed by atoms with Crippen LogP contribution >= 0.6 is 0 Å². The van der Waals surface area contributed by atoms with Crippen molar-refractivity contribution in [3.63, 3.8) is 0 Å². The predicted molar refractivity (Wildman–Crippen MR) is 73.3 cm³/mol. The van der Waals surface area contributed by atoms with Crippen molar-refractivity contribution in [2.75, 3.05) is 24.4 Å². The molecule has 0 fully saturated rings. The minimum atomic E-state index is -3.76. The molecule has 19 heavy (non-hydrogen) atoms. The Morgan fingerprint density at radius 1 is 1.32 bits per heavy atom. The highest BCUT2D eigenvalue weighted by Crippen LogP contribution is 2.12. The molecule has 0 saturated carbocycles. The van der Waals surface area contributed by atoms with E-state index in [1.807, 2.05) is 0 Å². The Kier molecular flexibility index (Phi) is 4.88. The Balaban J connectivity index is 2.92. The molecule has 9 heteroatoms. The zero-order valence-corrected chi connectivity index (χ0v) is 12.5. The fraction of sp³-hybridized carbons (Fsp3) is 0.500. The van der Waals surface area contributed by atoms with Gasteiger partial charge in [-0.05, 0) is 13.0 Å². The first kappa shape index (κ1) is 15.9. The maximum Gasteiger partial charge on any atom is 0.241 e. The summed E-state index contributed by atoms with van der Waals surface area (Å²) >= 11 is 0. The summed E-state index contributed by atoms with van der Waals surface area (Å²) in [6, 6.07) is 2.01. The first-order valence-corrected chi connectivity index (χ1v) is 9.02. The quantitative estimate of drug-likeness (QED) is 0.756. The van der Waals surface area contributed by atoms with Gasteiger partial charge in [-0.1, -0.05) is 0 Å². The first-order valence-electron chi connectivity index (χ1n) is 5.48. The van der Waals surface area contributed by atoms with Gasteiger partial charge in [-0.15, -0.1) is 0 Å². The second-order valence-corrected chi connectivity index (χ2v) is 8.14. The van der Waals surface area contributed by atoms with Gasteiger partial charge in [0.25, 0.3) is 0 Å². The van der Waals surface area contributed by atoms with Crippen molar-refractivity contribution in [2.24, 2.45) is 0 Å². The molecule has 0 aliphatic heterocycles. The molecule has 0 radical (unpaired) electrons. The van der Waals surface area contributed by atoms with E-state index in [1.165, 1.54) is 25.3 Å². The lowest BCUT2D eigenvalue weighted by Crippen LogP contribution is -2.37. The largest absolute Gasteiger partial charge is 0.373 e. The molecule has 2 N–H and O–H groups in total. The summed E-state index contributed by atoms with van der Waals surface area (Å²) < 4.78 is 48.6. The van der Waals surface area contributed by atoms with Crippen molar-refractivity contribution < 1.29 is 16.8 Å². The normalized spacial score (nSPS) is 14.1. The monoisotopic (exact) mass is 307 g/mol. The van der Waals surface area contributed by atoms with Crippen LogP contribution in [0.25, 0.3) is 0 Å². The number of sulfone groups is 1. The van der Waals surface area contributed by atoms with Crippen LogP contribution in [0.15, 0.2) is 23.2 Å². The van der Waals surface area contributed by atoms with Gasteiger partial charge in [-0.2, -0.15) is 0 Å². The van der Waals surface area contributed by atoms with Crippen molar-refractivity contribution >= 4 is 25.7 Å². The second kappa shape index (κ2) is 5.85. The Morgan fingerprint density at radius 2 is 1.95 bits per heavy atom. The minimum Gasteiger partial charge on any atom is -0.373 e. The summed E-state index contributed by atoms with van der Waals surface area (Å²) in [6.07, 6.45) is 2.42. The van der Waals surface area contributed by atoms with Crippen molar-refractivity contribution in [3.05, 3.63) is 18.3 Å². The average Bonchev–Trinajstić information content (AvgIpc) is 2.25. The molecule has 0 saturated heterocycles. The molecule has 1 aromatic rings. The maximum atomic E-state index is 12.0. The van der Waals surface area contributed by atoms with Crippen LogP contribution in [-0.2, 0) is 19.9 Å². The van der Waals surface area contributed by atoms with Gasteiger partial charge in [0, 0.05) is 31.6 Å². The third kappa shape index (κ3) is 5.13. The van der Waals surface area contributed by atoms with E-state index in [0.717, 1.165) is 6.26 Å². The summed E-state index contributed by atoms with van der Waals surface area (Å²) in [6.45, 7) is 1.50.